The van der Waals surface area contributed by atoms with Gasteiger partial charge in [0, 0.05) is 22.3 Å². The minimum atomic E-state index is -0.297. The first-order chi connectivity index (χ1) is 9.67. The van der Waals surface area contributed by atoms with Gasteiger partial charge in [-0.15, -0.1) is 0 Å². The molecule has 3 rings (SSSR count). The number of benzene rings is 1. The number of methoxy groups -OCH3 is 1. The summed E-state index contributed by atoms with van der Waals surface area (Å²) in [6.45, 7) is 0. The standard InChI is InChI=1S/C15H12BrNO3/c1-19-15-5-2-9(8-17-15)14-7-12(18)11-6-10(16)3-4-13(11)20-14/h2-6,8,14H,7H2,1H3. The number of carbonyl (C=O) groups is 1. The fourth-order valence-corrected chi connectivity index (χ4v) is 2.55. The molecule has 4 nitrogen and oxygen atoms in total. The van der Waals surface area contributed by atoms with E-state index in [2.05, 4.69) is 20.9 Å². The smallest absolute Gasteiger partial charge is 0.212 e. The minimum Gasteiger partial charge on any atom is -0.484 e. The molecule has 1 aliphatic rings. The van der Waals surface area contributed by atoms with Crippen LogP contribution < -0.4 is 9.47 Å². The molecule has 0 N–H and O–H groups in total. The first-order valence-corrected chi connectivity index (χ1v) is 6.96. The van der Waals surface area contributed by atoms with Crippen molar-refractivity contribution in [3.8, 4) is 11.6 Å². The van der Waals surface area contributed by atoms with E-state index in [0.717, 1.165) is 10.0 Å². The topological polar surface area (TPSA) is 48.4 Å². The van der Waals surface area contributed by atoms with Crippen molar-refractivity contribution in [1.29, 1.82) is 0 Å². The third-order valence-corrected chi connectivity index (χ3v) is 3.72. The maximum Gasteiger partial charge on any atom is 0.212 e. The monoisotopic (exact) mass is 333 g/mol. The van der Waals surface area contributed by atoms with Crippen LogP contribution in [0.5, 0.6) is 11.6 Å². The van der Waals surface area contributed by atoms with Crippen molar-refractivity contribution in [1.82, 2.24) is 4.98 Å². The van der Waals surface area contributed by atoms with Crippen molar-refractivity contribution in [2.45, 2.75) is 12.5 Å². The van der Waals surface area contributed by atoms with Crippen LogP contribution in [0.2, 0.25) is 0 Å². The Bertz CT molecular complexity index is 655. The molecule has 0 spiro atoms. The van der Waals surface area contributed by atoms with Gasteiger partial charge in [0.2, 0.25) is 5.88 Å². The van der Waals surface area contributed by atoms with Crippen LogP contribution in [0.1, 0.15) is 28.4 Å². The van der Waals surface area contributed by atoms with Gasteiger partial charge in [-0.05, 0) is 24.3 Å². The lowest BCUT2D eigenvalue weighted by atomic mass is 9.97. The molecule has 0 fully saturated rings. The van der Waals surface area contributed by atoms with Crippen molar-refractivity contribution in [3.63, 3.8) is 0 Å². The van der Waals surface area contributed by atoms with Crippen molar-refractivity contribution in [3.05, 3.63) is 52.1 Å². The lowest BCUT2D eigenvalue weighted by molar-refractivity contribution is 0.0849. The molecule has 5 heteroatoms. The zero-order valence-electron chi connectivity index (χ0n) is 10.8. The fourth-order valence-electron chi connectivity index (χ4n) is 2.18. The van der Waals surface area contributed by atoms with Crippen LogP contribution in [0, 0.1) is 0 Å². The predicted molar refractivity (Wildman–Crippen MR) is 77.2 cm³/mol. The molecule has 20 heavy (non-hydrogen) atoms. The van der Waals surface area contributed by atoms with Crippen molar-refractivity contribution >= 4 is 21.7 Å². The highest BCUT2D eigenvalue weighted by molar-refractivity contribution is 9.10. The third kappa shape index (κ3) is 2.41. The Labute approximate surface area is 124 Å². The van der Waals surface area contributed by atoms with E-state index in [1.807, 2.05) is 12.1 Å². The Morgan fingerprint density at radius 1 is 1.35 bits per heavy atom. The van der Waals surface area contributed by atoms with Gasteiger partial charge in [0.25, 0.3) is 0 Å². The molecule has 2 heterocycles. The largest absolute Gasteiger partial charge is 0.484 e. The van der Waals surface area contributed by atoms with Crippen LogP contribution in [0.3, 0.4) is 0 Å². The van der Waals surface area contributed by atoms with Gasteiger partial charge >= 0.3 is 0 Å². The van der Waals surface area contributed by atoms with Gasteiger partial charge < -0.3 is 9.47 Å². The molecule has 1 unspecified atom stereocenters. The highest BCUT2D eigenvalue weighted by Gasteiger charge is 2.27. The second-order valence-corrected chi connectivity index (χ2v) is 5.42. The Balaban J connectivity index is 1.90. The summed E-state index contributed by atoms with van der Waals surface area (Å²) in [7, 11) is 1.57. The molecule has 102 valence electrons. The van der Waals surface area contributed by atoms with E-state index in [-0.39, 0.29) is 11.9 Å². The number of hydrogen-bond acceptors (Lipinski definition) is 4. The number of ether oxygens (including phenoxy) is 2. The number of aromatic nitrogens is 1. The van der Waals surface area contributed by atoms with Crippen LogP contribution >= 0.6 is 15.9 Å². The van der Waals surface area contributed by atoms with Crippen LogP contribution in [0.15, 0.2) is 41.0 Å². The van der Waals surface area contributed by atoms with Gasteiger partial charge in [-0.1, -0.05) is 15.9 Å². The van der Waals surface area contributed by atoms with Gasteiger partial charge in [0.15, 0.2) is 5.78 Å². The molecule has 0 aliphatic carbocycles. The first kappa shape index (κ1) is 13.1. The molecule has 0 bridgehead atoms. The second-order valence-electron chi connectivity index (χ2n) is 4.51. The average Bonchev–Trinajstić information content (AvgIpc) is 2.48. The van der Waals surface area contributed by atoms with E-state index < -0.39 is 0 Å². The van der Waals surface area contributed by atoms with E-state index >= 15 is 0 Å². The minimum absolute atomic E-state index is 0.0772. The molecule has 0 amide bonds. The Kier molecular flexibility index (Phi) is 3.44. The van der Waals surface area contributed by atoms with Crippen molar-refractivity contribution in [2.24, 2.45) is 0 Å². The second kappa shape index (κ2) is 5.25. The van der Waals surface area contributed by atoms with E-state index in [1.54, 1.807) is 31.5 Å². The normalized spacial score (nSPS) is 17.3. The number of rotatable bonds is 2. The van der Waals surface area contributed by atoms with Gasteiger partial charge in [-0.25, -0.2) is 4.98 Å². The predicted octanol–water partition coefficient (Wildman–Crippen LogP) is 3.56. The summed E-state index contributed by atoms with van der Waals surface area (Å²) in [5, 5.41) is 0. The number of carbonyl (C=O) groups excluding carboxylic acids is 1. The van der Waals surface area contributed by atoms with E-state index in [1.165, 1.54) is 0 Å². The molecule has 0 radical (unpaired) electrons. The lowest BCUT2D eigenvalue weighted by Crippen LogP contribution is -2.20. The average molecular weight is 334 g/mol. The van der Waals surface area contributed by atoms with E-state index in [0.29, 0.717) is 23.6 Å². The molecule has 1 aromatic heterocycles. The number of pyridine rings is 1. The summed E-state index contributed by atoms with van der Waals surface area (Å²) in [5.41, 5.74) is 1.49. The highest BCUT2D eigenvalue weighted by atomic mass is 79.9. The summed E-state index contributed by atoms with van der Waals surface area (Å²) >= 11 is 3.36. The maximum atomic E-state index is 12.2. The number of hydrogen-bond donors (Lipinski definition) is 0. The maximum absolute atomic E-state index is 12.2. The van der Waals surface area contributed by atoms with Gasteiger partial charge in [-0.3, -0.25) is 4.79 Å². The Hall–Kier alpha value is -1.88. The van der Waals surface area contributed by atoms with Crippen molar-refractivity contribution in [2.75, 3.05) is 7.11 Å². The molecule has 2 aromatic rings. The Morgan fingerprint density at radius 2 is 2.20 bits per heavy atom. The molecule has 1 atom stereocenters. The molecular formula is C15H12BrNO3. The van der Waals surface area contributed by atoms with Crippen LogP contribution in [0.25, 0.3) is 0 Å². The zero-order chi connectivity index (χ0) is 14.1. The summed E-state index contributed by atoms with van der Waals surface area (Å²) in [6.07, 6.45) is 1.70. The Morgan fingerprint density at radius 3 is 2.90 bits per heavy atom. The lowest BCUT2D eigenvalue weighted by Gasteiger charge is -2.25. The summed E-state index contributed by atoms with van der Waals surface area (Å²) in [4.78, 5) is 16.3. The zero-order valence-corrected chi connectivity index (χ0v) is 12.4. The third-order valence-electron chi connectivity index (χ3n) is 3.22. The summed E-state index contributed by atoms with van der Waals surface area (Å²) in [5.74, 6) is 1.24. The summed E-state index contributed by atoms with van der Waals surface area (Å²) < 4.78 is 11.8. The molecular weight excluding hydrogens is 322 g/mol. The van der Waals surface area contributed by atoms with Crippen molar-refractivity contribution < 1.29 is 14.3 Å². The van der Waals surface area contributed by atoms with Crippen LogP contribution in [-0.2, 0) is 0 Å². The number of nitrogens with zero attached hydrogens (tertiary/aromatic N) is 1. The number of Topliss-reactive ketones (excluding diaryl/α,β-unsaturated/α-hetero) is 1. The van der Waals surface area contributed by atoms with Gasteiger partial charge in [-0.2, -0.15) is 0 Å². The van der Waals surface area contributed by atoms with Gasteiger partial charge in [0.1, 0.15) is 11.9 Å². The highest BCUT2D eigenvalue weighted by Crippen LogP contribution is 2.36. The summed E-state index contributed by atoms with van der Waals surface area (Å²) in [6, 6.07) is 9.09. The number of fused-ring (bicyclic) bond motifs is 1. The molecule has 0 saturated heterocycles. The molecule has 1 aromatic carbocycles. The van der Waals surface area contributed by atoms with Crippen LogP contribution in [0.4, 0.5) is 0 Å². The molecule has 1 aliphatic heterocycles. The first-order valence-electron chi connectivity index (χ1n) is 6.16. The SMILES string of the molecule is COc1ccc(C2CC(=O)c3cc(Br)ccc3O2)cn1. The number of ketones is 1. The fraction of sp³-hybridized carbons (Fsp3) is 0.200. The number of halogens is 1. The quantitative estimate of drug-likeness (QED) is 0.843. The van der Waals surface area contributed by atoms with Crippen LogP contribution in [-0.4, -0.2) is 17.9 Å². The molecule has 0 saturated carbocycles. The van der Waals surface area contributed by atoms with Gasteiger partial charge in [0.05, 0.1) is 19.1 Å². The van der Waals surface area contributed by atoms with E-state index in [9.17, 15) is 4.79 Å². The van der Waals surface area contributed by atoms with E-state index in [4.69, 9.17) is 9.47 Å².